The number of piperazine rings is 1. The molecule has 0 spiro atoms. The highest BCUT2D eigenvalue weighted by molar-refractivity contribution is 5.82. The molecule has 1 saturated carbocycles. The SMILES string of the molecule is O=C1NCCNC1CCC1CCCC1. The second kappa shape index (κ2) is 4.78. The van der Waals surface area contributed by atoms with Crippen LogP contribution >= 0.6 is 0 Å². The lowest BCUT2D eigenvalue weighted by Gasteiger charge is -2.24. The van der Waals surface area contributed by atoms with Crippen molar-refractivity contribution in [2.24, 2.45) is 5.92 Å². The molecule has 80 valence electrons. The Bertz CT molecular complexity index is 199. The van der Waals surface area contributed by atoms with Crippen molar-refractivity contribution in [1.29, 1.82) is 0 Å². The molecule has 2 rings (SSSR count). The fraction of sp³-hybridized carbons (Fsp3) is 0.909. The van der Waals surface area contributed by atoms with Gasteiger partial charge in [-0.15, -0.1) is 0 Å². The molecule has 1 saturated heterocycles. The van der Waals surface area contributed by atoms with Crippen LogP contribution in [0, 0.1) is 5.92 Å². The summed E-state index contributed by atoms with van der Waals surface area (Å²) in [6.45, 7) is 1.72. The molecule has 2 fully saturated rings. The molecule has 3 nitrogen and oxygen atoms in total. The number of hydrogen-bond donors (Lipinski definition) is 2. The van der Waals surface area contributed by atoms with Gasteiger partial charge < -0.3 is 10.6 Å². The predicted octanol–water partition coefficient (Wildman–Crippen LogP) is 1.04. The van der Waals surface area contributed by atoms with Crippen molar-refractivity contribution in [3.05, 3.63) is 0 Å². The van der Waals surface area contributed by atoms with Crippen molar-refractivity contribution >= 4 is 5.91 Å². The van der Waals surface area contributed by atoms with Gasteiger partial charge in [0.25, 0.3) is 0 Å². The average molecular weight is 196 g/mol. The molecule has 1 atom stereocenters. The fourth-order valence-electron chi connectivity index (χ4n) is 2.58. The van der Waals surface area contributed by atoms with Gasteiger partial charge in [-0.3, -0.25) is 4.79 Å². The van der Waals surface area contributed by atoms with Gasteiger partial charge in [0.2, 0.25) is 5.91 Å². The van der Waals surface area contributed by atoms with Gasteiger partial charge in [-0.2, -0.15) is 0 Å². The topological polar surface area (TPSA) is 41.1 Å². The second-order valence-electron chi connectivity index (χ2n) is 4.53. The Morgan fingerprint density at radius 2 is 1.93 bits per heavy atom. The quantitative estimate of drug-likeness (QED) is 0.708. The number of hydrogen-bond acceptors (Lipinski definition) is 2. The standard InChI is InChI=1S/C11H20N2O/c14-11-10(12-7-8-13-11)6-5-9-3-1-2-4-9/h9-10,12H,1-8H2,(H,13,14). The van der Waals surface area contributed by atoms with Crippen molar-refractivity contribution in [2.45, 2.75) is 44.6 Å². The average Bonchev–Trinajstić information content (AvgIpc) is 2.69. The van der Waals surface area contributed by atoms with E-state index < -0.39 is 0 Å². The Balaban J connectivity index is 1.70. The van der Waals surface area contributed by atoms with E-state index in [0.717, 1.165) is 25.4 Å². The molecule has 3 heteroatoms. The zero-order valence-electron chi connectivity index (χ0n) is 8.72. The summed E-state index contributed by atoms with van der Waals surface area (Å²) in [5.41, 5.74) is 0. The van der Waals surface area contributed by atoms with Crippen LogP contribution in [0.25, 0.3) is 0 Å². The minimum atomic E-state index is 0.0874. The summed E-state index contributed by atoms with van der Waals surface area (Å²) in [5.74, 6) is 1.10. The third-order valence-electron chi connectivity index (χ3n) is 3.47. The van der Waals surface area contributed by atoms with Crippen LogP contribution in [0.4, 0.5) is 0 Å². The molecule has 0 aromatic rings. The Hall–Kier alpha value is -0.570. The van der Waals surface area contributed by atoms with Crippen molar-refractivity contribution in [3.63, 3.8) is 0 Å². The molecule has 1 aliphatic heterocycles. The monoisotopic (exact) mass is 196 g/mol. The molecular weight excluding hydrogens is 176 g/mol. The van der Waals surface area contributed by atoms with Gasteiger partial charge in [0.05, 0.1) is 6.04 Å². The van der Waals surface area contributed by atoms with Crippen LogP contribution in [-0.2, 0) is 4.79 Å². The van der Waals surface area contributed by atoms with E-state index in [0.29, 0.717) is 0 Å². The van der Waals surface area contributed by atoms with Crippen LogP contribution in [0.5, 0.6) is 0 Å². The molecule has 2 N–H and O–H groups in total. The van der Waals surface area contributed by atoms with Crippen molar-refractivity contribution in [1.82, 2.24) is 10.6 Å². The van der Waals surface area contributed by atoms with Crippen molar-refractivity contribution < 1.29 is 4.79 Å². The maximum absolute atomic E-state index is 11.4. The molecule has 0 aromatic heterocycles. The smallest absolute Gasteiger partial charge is 0.237 e. The van der Waals surface area contributed by atoms with Gasteiger partial charge in [-0.25, -0.2) is 0 Å². The van der Waals surface area contributed by atoms with Crippen LogP contribution < -0.4 is 10.6 Å². The first-order valence-corrected chi connectivity index (χ1v) is 5.87. The molecule has 1 aliphatic carbocycles. The van der Waals surface area contributed by atoms with E-state index in [-0.39, 0.29) is 11.9 Å². The Morgan fingerprint density at radius 3 is 2.64 bits per heavy atom. The summed E-state index contributed by atoms with van der Waals surface area (Å²) >= 11 is 0. The van der Waals surface area contributed by atoms with Crippen molar-refractivity contribution in [3.8, 4) is 0 Å². The van der Waals surface area contributed by atoms with Crippen LogP contribution in [0.2, 0.25) is 0 Å². The molecule has 14 heavy (non-hydrogen) atoms. The molecule has 0 aromatic carbocycles. The van der Waals surface area contributed by atoms with E-state index in [9.17, 15) is 4.79 Å². The van der Waals surface area contributed by atoms with Gasteiger partial charge >= 0.3 is 0 Å². The molecule has 0 radical (unpaired) electrons. The third kappa shape index (κ3) is 2.47. The molecule has 2 aliphatic rings. The Kier molecular flexibility index (Phi) is 3.40. The van der Waals surface area contributed by atoms with E-state index in [4.69, 9.17) is 0 Å². The van der Waals surface area contributed by atoms with Crippen LogP contribution in [0.15, 0.2) is 0 Å². The van der Waals surface area contributed by atoms with Gasteiger partial charge in [0.1, 0.15) is 0 Å². The molecular formula is C11H20N2O. The number of nitrogens with one attached hydrogen (secondary N) is 2. The van der Waals surface area contributed by atoms with E-state index in [1.54, 1.807) is 0 Å². The summed E-state index contributed by atoms with van der Waals surface area (Å²) in [4.78, 5) is 11.4. The lowest BCUT2D eigenvalue weighted by atomic mass is 9.97. The summed E-state index contributed by atoms with van der Waals surface area (Å²) in [5, 5.41) is 6.19. The fourth-order valence-corrected chi connectivity index (χ4v) is 2.58. The summed E-state index contributed by atoms with van der Waals surface area (Å²) < 4.78 is 0. The maximum atomic E-state index is 11.4. The first kappa shape index (κ1) is 9.97. The first-order valence-electron chi connectivity index (χ1n) is 5.87. The lowest BCUT2D eigenvalue weighted by Crippen LogP contribution is -2.52. The minimum Gasteiger partial charge on any atom is -0.353 e. The van der Waals surface area contributed by atoms with Gasteiger partial charge in [-0.1, -0.05) is 25.7 Å². The zero-order chi connectivity index (χ0) is 9.80. The van der Waals surface area contributed by atoms with E-state index >= 15 is 0 Å². The number of rotatable bonds is 3. The maximum Gasteiger partial charge on any atom is 0.237 e. The molecule has 1 heterocycles. The summed E-state index contributed by atoms with van der Waals surface area (Å²) in [6.07, 6.45) is 7.81. The second-order valence-corrected chi connectivity index (χ2v) is 4.53. The predicted molar refractivity (Wildman–Crippen MR) is 56.0 cm³/mol. The third-order valence-corrected chi connectivity index (χ3v) is 3.47. The summed E-state index contributed by atoms with van der Waals surface area (Å²) in [7, 11) is 0. The number of carbonyl (C=O) groups is 1. The first-order chi connectivity index (χ1) is 6.86. The van der Waals surface area contributed by atoms with E-state index in [1.165, 1.54) is 32.1 Å². The largest absolute Gasteiger partial charge is 0.353 e. The van der Waals surface area contributed by atoms with E-state index in [1.807, 2.05) is 0 Å². The molecule has 1 unspecified atom stereocenters. The highest BCUT2D eigenvalue weighted by Gasteiger charge is 2.23. The normalized spacial score (nSPS) is 29.1. The van der Waals surface area contributed by atoms with Crippen LogP contribution in [0.1, 0.15) is 38.5 Å². The van der Waals surface area contributed by atoms with E-state index in [2.05, 4.69) is 10.6 Å². The number of carbonyl (C=O) groups excluding carboxylic acids is 1. The van der Waals surface area contributed by atoms with Gasteiger partial charge in [-0.05, 0) is 18.8 Å². The van der Waals surface area contributed by atoms with Gasteiger partial charge in [0.15, 0.2) is 0 Å². The lowest BCUT2D eigenvalue weighted by molar-refractivity contribution is -0.124. The highest BCUT2D eigenvalue weighted by Crippen LogP contribution is 2.28. The molecule has 0 bridgehead atoms. The Morgan fingerprint density at radius 1 is 1.14 bits per heavy atom. The minimum absolute atomic E-state index is 0.0874. The highest BCUT2D eigenvalue weighted by atomic mass is 16.2. The Labute approximate surface area is 85.6 Å². The summed E-state index contributed by atoms with van der Waals surface area (Å²) in [6, 6.07) is 0.0874. The van der Waals surface area contributed by atoms with Crippen LogP contribution in [0.3, 0.4) is 0 Å². The van der Waals surface area contributed by atoms with Gasteiger partial charge in [0, 0.05) is 13.1 Å². The van der Waals surface area contributed by atoms with Crippen LogP contribution in [-0.4, -0.2) is 25.0 Å². The molecule has 1 amide bonds. The van der Waals surface area contributed by atoms with Crippen molar-refractivity contribution in [2.75, 3.05) is 13.1 Å². The number of amides is 1. The zero-order valence-corrected chi connectivity index (χ0v) is 8.72.